The van der Waals surface area contributed by atoms with Gasteiger partial charge in [0.2, 0.25) is 0 Å². The summed E-state index contributed by atoms with van der Waals surface area (Å²) in [5, 5.41) is 0. The molecule has 3 saturated carbocycles. The van der Waals surface area contributed by atoms with Crippen LogP contribution < -0.4 is 5.73 Å². The first-order chi connectivity index (χ1) is 9.13. The maximum atomic E-state index is 6.86. The molecular weight excluding hydrogens is 234 g/mol. The third kappa shape index (κ3) is 1.75. The van der Waals surface area contributed by atoms with E-state index in [9.17, 15) is 0 Å². The summed E-state index contributed by atoms with van der Waals surface area (Å²) >= 11 is 0. The Morgan fingerprint density at radius 3 is 2.53 bits per heavy atom. The van der Waals surface area contributed by atoms with E-state index in [0.717, 1.165) is 18.3 Å². The Balaban J connectivity index is 1.68. The van der Waals surface area contributed by atoms with Gasteiger partial charge >= 0.3 is 0 Å². The third-order valence-corrected chi connectivity index (χ3v) is 6.90. The van der Waals surface area contributed by atoms with Crippen LogP contribution in [-0.2, 0) is 4.74 Å². The second kappa shape index (κ2) is 4.21. The second-order valence-corrected chi connectivity index (χ2v) is 8.06. The molecule has 5 atom stereocenters. The largest absolute Gasteiger partial charge is 0.368 e. The van der Waals surface area contributed by atoms with Gasteiger partial charge in [-0.05, 0) is 57.3 Å². The first-order valence-corrected chi connectivity index (χ1v) is 8.59. The van der Waals surface area contributed by atoms with Crippen LogP contribution in [0.5, 0.6) is 0 Å². The Morgan fingerprint density at radius 1 is 1.00 bits per heavy atom. The molecule has 3 aliphatic carbocycles. The van der Waals surface area contributed by atoms with Gasteiger partial charge in [0, 0.05) is 12.0 Å². The molecule has 5 fully saturated rings. The van der Waals surface area contributed by atoms with Gasteiger partial charge in [0.15, 0.2) is 0 Å². The highest BCUT2D eigenvalue weighted by molar-refractivity contribution is 5.14. The number of rotatable bonds is 1. The maximum absolute atomic E-state index is 6.86. The van der Waals surface area contributed by atoms with Crippen LogP contribution in [0.4, 0.5) is 0 Å². The van der Waals surface area contributed by atoms with Crippen molar-refractivity contribution in [3.8, 4) is 0 Å². The molecule has 0 radical (unpaired) electrons. The highest BCUT2D eigenvalue weighted by atomic mass is 16.5. The van der Waals surface area contributed by atoms with Gasteiger partial charge in [0.05, 0.1) is 11.2 Å². The van der Waals surface area contributed by atoms with Crippen molar-refractivity contribution in [1.29, 1.82) is 0 Å². The quantitative estimate of drug-likeness (QED) is 0.784. The fraction of sp³-hybridized carbons (Fsp3) is 1.00. The minimum atomic E-state index is 0.107. The smallest absolute Gasteiger partial charge is 0.0735 e. The maximum Gasteiger partial charge on any atom is 0.0735 e. The standard InChI is InChI=1S/C17H29NO/c1-16-9-5-6-12-10-17(19-16,11-14(18)15(12)16)13-7-3-2-4-8-13/h12-15H,2-11,18H2,1H3/t12-,14+,15-,16-,17+/m1/s1. The number of fused-ring (bicyclic) bond motifs is 1. The minimum Gasteiger partial charge on any atom is -0.368 e. The van der Waals surface area contributed by atoms with Crippen LogP contribution in [0.1, 0.15) is 71.1 Å². The average Bonchev–Trinajstić information content (AvgIpc) is 2.38. The van der Waals surface area contributed by atoms with E-state index in [1.165, 1.54) is 57.8 Å². The van der Waals surface area contributed by atoms with Crippen molar-refractivity contribution < 1.29 is 4.74 Å². The van der Waals surface area contributed by atoms with Gasteiger partial charge in [0.25, 0.3) is 0 Å². The van der Waals surface area contributed by atoms with Crippen LogP contribution in [0.15, 0.2) is 0 Å². The zero-order valence-corrected chi connectivity index (χ0v) is 12.4. The molecule has 2 nitrogen and oxygen atoms in total. The van der Waals surface area contributed by atoms with E-state index in [2.05, 4.69) is 6.92 Å². The molecular formula is C17H29NO. The van der Waals surface area contributed by atoms with E-state index in [0.29, 0.717) is 12.0 Å². The van der Waals surface area contributed by atoms with E-state index in [1.54, 1.807) is 0 Å². The molecule has 2 N–H and O–H groups in total. The lowest BCUT2D eigenvalue weighted by Crippen LogP contribution is -2.70. The molecule has 0 aromatic rings. The Kier molecular flexibility index (Phi) is 2.80. The van der Waals surface area contributed by atoms with Crippen LogP contribution in [0.2, 0.25) is 0 Å². The molecule has 5 aliphatic rings. The third-order valence-electron chi connectivity index (χ3n) is 6.90. The van der Waals surface area contributed by atoms with Gasteiger partial charge in [-0.3, -0.25) is 0 Å². The first kappa shape index (κ1) is 12.6. The minimum absolute atomic E-state index is 0.107. The Morgan fingerprint density at radius 2 is 1.79 bits per heavy atom. The summed E-state index contributed by atoms with van der Waals surface area (Å²) in [6.07, 6.45) is 13.5. The van der Waals surface area contributed by atoms with E-state index in [-0.39, 0.29) is 11.2 Å². The number of hydrogen-bond acceptors (Lipinski definition) is 2. The molecule has 2 aliphatic heterocycles. The molecule has 0 unspecified atom stereocenters. The molecule has 0 spiro atoms. The van der Waals surface area contributed by atoms with Crippen molar-refractivity contribution in [3.05, 3.63) is 0 Å². The van der Waals surface area contributed by atoms with Crippen LogP contribution in [-0.4, -0.2) is 17.2 Å². The van der Waals surface area contributed by atoms with Crippen LogP contribution in [0.25, 0.3) is 0 Å². The van der Waals surface area contributed by atoms with Crippen LogP contribution in [0.3, 0.4) is 0 Å². The summed E-state index contributed by atoms with van der Waals surface area (Å²) < 4.78 is 6.86. The van der Waals surface area contributed by atoms with E-state index < -0.39 is 0 Å². The summed E-state index contributed by atoms with van der Waals surface area (Å²) in [6.45, 7) is 2.37. The van der Waals surface area contributed by atoms with Crippen molar-refractivity contribution in [3.63, 3.8) is 0 Å². The summed E-state index contributed by atoms with van der Waals surface area (Å²) in [5.74, 6) is 2.30. The van der Waals surface area contributed by atoms with Gasteiger partial charge in [-0.2, -0.15) is 0 Å². The van der Waals surface area contributed by atoms with Crippen LogP contribution in [0, 0.1) is 17.8 Å². The molecule has 5 rings (SSSR count). The molecule has 0 aromatic heterocycles. The first-order valence-electron chi connectivity index (χ1n) is 8.59. The van der Waals surface area contributed by atoms with Gasteiger partial charge in [-0.1, -0.05) is 25.7 Å². The van der Waals surface area contributed by atoms with E-state index >= 15 is 0 Å². The Bertz CT molecular complexity index is 364. The zero-order valence-electron chi connectivity index (χ0n) is 12.4. The van der Waals surface area contributed by atoms with Crippen molar-refractivity contribution >= 4 is 0 Å². The lowest BCUT2D eigenvalue weighted by atomic mass is 9.52. The van der Waals surface area contributed by atoms with E-state index in [1.807, 2.05) is 0 Å². The fourth-order valence-electron chi connectivity index (χ4n) is 6.36. The molecule has 0 amide bonds. The molecule has 4 bridgehead atoms. The van der Waals surface area contributed by atoms with Gasteiger partial charge in [0.1, 0.15) is 0 Å². The summed E-state index contributed by atoms with van der Waals surface area (Å²) in [7, 11) is 0. The summed E-state index contributed by atoms with van der Waals surface area (Å²) in [6, 6.07) is 0.403. The number of nitrogens with two attached hydrogens (primary N) is 1. The van der Waals surface area contributed by atoms with Gasteiger partial charge in [-0.25, -0.2) is 0 Å². The molecule has 2 heteroatoms. The van der Waals surface area contributed by atoms with Crippen molar-refractivity contribution in [1.82, 2.24) is 0 Å². The van der Waals surface area contributed by atoms with Crippen molar-refractivity contribution in [2.24, 2.45) is 23.5 Å². The molecule has 19 heavy (non-hydrogen) atoms. The van der Waals surface area contributed by atoms with Crippen LogP contribution >= 0.6 is 0 Å². The molecule has 0 aromatic carbocycles. The lowest BCUT2D eigenvalue weighted by Gasteiger charge is -2.66. The fourth-order valence-corrected chi connectivity index (χ4v) is 6.36. The molecule has 108 valence electrons. The number of hydrogen-bond donors (Lipinski definition) is 1. The normalized spacial score (nSPS) is 54.3. The highest BCUT2D eigenvalue weighted by Gasteiger charge is 2.63. The average molecular weight is 263 g/mol. The molecule has 2 saturated heterocycles. The van der Waals surface area contributed by atoms with Crippen molar-refractivity contribution in [2.45, 2.75) is 88.4 Å². The van der Waals surface area contributed by atoms with Gasteiger partial charge < -0.3 is 10.5 Å². The predicted molar refractivity (Wildman–Crippen MR) is 76.8 cm³/mol. The SMILES string of the molecule is C[C@@]12CCC[C@@H]3C[C@@](C4CCCCC4)(C[C@H](N)[C@@H]31)O2. The van der Waals surface area contributed by atoms with E-state index in [4.69, 9.17) is 10.5 Å². The molecule has 2 heterocycles. The highest BCUT2D eigenvalue weighted by Crippen LogP contribution is 2.61. The van der Waals surface area contributed by atoms with Gasteiger partial charge in [-0.15, -0.1) is 0 Å². The predicted octanol–water partition coefficient (Wildman–Crippen LogP) is 3.63. The van der Waals surface area contributed by atoms with Crippen molar-refractivity contribution in [2.75, 3.05) is 0 Å². The lowest BCUT2D eigenvalue weighted by molar-refractivity contribution is -0.305. The topological polar surface area (TPSA) is 35.2 Å². The second-order valence-electron chi connectivity index (χ2n) is 8.06. The monoisotopic (exact) mass is 263 g/mol. The zero-order chi connectivity index (χ0) is 13.1. The Labute approximate surface area is 117 Å². The summed E-state index contributed by atoms with van der Waals surface area (Å²) in [4.78, 5) is 0. The Hall–Kier alpha value is -0.0800. The number of ether oxygens (including phenoxy) is 1. The summed E-state index contributed by atoms with van der Waals surface area (Å²) in [5.41, 5.74) is 6.88.